The van der Waals surface area contributed by atoms with E-state index in [1.807, 2.05) is 28.8 Å². The molecule has 0 unspecified atom stereocenters. The molecule has 3 aromatic rings. The number of benzene rings is 1. The van der Waals surface area contributed by atoms with Gasteiger partial charge in [0, 0.05) is 31.8 Å². The fourth-order valence-electron chi connectivity index (χ4n) is 2.72. The van der Waals surface area contributed by atoms with Crippen molar-refractivity contribution in [3.05, 3.63) is 65.9 Å². The van der Waals surface area contributed by atoms with Crippen LogP contribution in [0.25, 0.3) is 11.3 Å². The van der Waals surface area contributed by atoms with Gasteiger partial charge in [-0.3, -0.25) is 4.79 Å². The van der Waals surface area contributed by atoms with E-state index in [2.05, 4.69) is 15.2 Å². The molecule has 0 saturated heterocycles. The van der Waals surface area contributed by atoms with Crippen molar-refractivity contribution in [3.8, 4) is 17.3 Å². The number of nitrogens with zero attached hydrogens (tertiary/aromatic N) is 6. The van der Waals surface area contributed by atoms with Gasteiger partial charge in [-0.25, -0.2) is 4.98 Å². The van der Waals surface area contributed by atoms with Crippen molar-refractivity contribution in [2.24, 2.45) is 0 Å². The van der Waals surface area contributed by atoms with E-state index < -0.39 is 0 Å². The van der Waals surface area contributed by atoms with Crippen molar-refractivity contribution in [1.82, 2.24) is 24.6 Å². The number of hydrogen-bond donors (Lipinski definition) is 0. The third-order valence-corrected chi connectivity index (χ3v) is 4.25. The number of nitriles is 1. The van der Waals surface area contributed by atoms with Gasteiger partial charge >= 0.3 is 0 Å². The lowest BCUT2D eigenvalue weighted by molar-refractivity contribution is 0.0779. The molecular weight excluding hydrogens is 356 g/mol. The molecule has 0 bridgehead atoms. The molecule has 0 saturated carbocycles. The minimum Gasteiger partial charge on any atom is -0.383 e. The first-order valence-corrected chi connectivity index (χ1v) is 8.71. The number of amides is 1. The molecule has 2 aromatic heterocycles. The Morgan fingerprint density at radius 1 is 1.25 bits per heavy atom. The first-order valence-electron chi connectivity index (χ1n) is 8.71. The molecule has 0 radical (unpaired) electrons. The molecule has 8 heteroatoms. The van der Waals surface area contributed by atoms with Crippen LogP contribution in [0.1, 0.15) is 21.9 Å². The molecule has 142 valence electrons. The van der Waals surface area contributed by atoms with Crippen LogP contribution in [-0.2, 0) is 17.8 Å². The maximum atomic E-state index is 12.7. The van der Waals surface area contributed by atoms with E-state index in [0.29, 0.717) is 42.5 Å². The van der Waals surface area contributed by atoms with Crippen LogP contribution in [0.5, 0.6) is 0 Å². The molecule has 1 aromatic carbocycles. The predicted octanol–water partition coefficient (Wildman–Crippen LogP) is 2.13. The van der Waals surface area contributed by atoms with Gasteiger partial charge in [-0.2, -0.15) is 5.26 Å². The Bertz CT molecular complexity index is 990. The largest absolute Gasteiger partial charge is 0.383 e. The fourth-order valence-corrected chi connectivity index (χ4v) is 2.72. The minimum absolute atomic E-state index is 0.119. The van der Waals surface area contributed by atoms with Crippen LogP contribution >= 0.6 is 0 Å². The van der Waals surface area contributed by atoms with Crippen LogP contribution in [0.2, 0.25) is 0 Å². The first-order chi connectivity index (χ1) is 13.6. The predicted molar refractivity (Wildman–Crippen MR) is 102 cm³/mol. The van der Waals surface area contributed by atoms with E-state index in [-0.39, 0.29) is 5.91 Å². The zero-order chi connectivity index (χ0) is 19.9. The van der Waals surface area contributed by atoms with E-state index in [9.17, 15) is 4.79 Å². The van der Waals surface area contributed by atoms with Crippen molar-refractivity contribution in [1.29, 1.82) is 5.26 Å². The molecular formula is C20H20N6O2. The monoisotopic (exact) mass is 376 g/mol. The van der Waals surface area contributed by atoms with Crippen LogP contribution in [0.4, 0.5) is 0 Å². The van der Waals surface area contributed by atoms with Crippen LogP contribution < -0.4 is 0 Å². The normalized spacial score (nSPS) is 10.5. The highest BCUT2D eigenvalue weighted by Crippen LogP contribution is 2.18. The van der Waals surface area contributed by atoms with Crippen LogP contribution in [0, 0.1) is 11.3 Å². The van der Waals surface area contributed by atoms with Crippen LogP contribution in [0.3, 0.4) is 0 Å². The molecule has 0 spiro atoms. The second kappa shape index (κ2) is 8.88. The molecule has 0 fully saturated rings. The Labute approximate surface area is 163 Å². The van der Waals surface area contributed by atoms with E-state index in [0.717, 1.165) is 5.56 Å². The third-order valence-electron chi connectivity index (χ3n) is 4.25. The summed E-state index contributed by atoms with van der Waals surface area (Å²) < 4.78 is 6.94. The summed E-state index contributed by atoms with van der Waals surface area (Å²) >= 11 is 0. The SMILES string of the molecule is COCCn1cnnc1CN(C)C(=O)c1ccc(-c2cccc(C#N)n2)cc1. The van der Waals surface area contributed by atoms with Gasteiger partial charge in [-0.15, -0.1) is 10.2 Å². The van der Waals surface area contributed by atoms with Gasteiger partial charge in [0.2, 0.25) is 0 Å². The summed E-state index contributed by atoms with van der Waals surface area (Å²) in [6.07, 6.45) is 1.63. The smallest absolute Gasteiger partial charge is 0.254 e. The molecule has 1 amide bonds. The van der Waals surface area contributed by atoms with Gasteiger partial charge in [0.25, 0.3) is 5.91 Å². The number of aromatic nitrogens is 4. The average molecular weight is 376 g/mol. The van der Waals surface area contributed by atoms with Gasteiger partial charge in [-0.05, 0) is 24.3 Å². The Morgan fingerprint density at radius 2 is 2.04 bits per heavy atom. The lowest BCUT2D eigenvalue weighted by atomic mass is 10.1. The zero-order valence-electron chi connectivity index (χ0n) is 15.7. The number of carbonyl (C=O) groups excluding carboxylic acids is 1. The number of carbonyl (C=O) groups is 1. The van der Waals surface area contributed by atoms with E-state index in [1.54, 1.807) is 49.7 Å². The van der Waals surface area contributed by atoms with E-state index in [1.165, 1.54) is 0 Å². The van der Waals surface area contributed by atoms with Crippen molar-refractivity contribution < 1.29 is 9.53 Å². The molecule has 0 aliphatic heterocycles. The van der Waals surface area contributed by atoms with Crippen LogP contribution in [0.15, 0.2) is 48.8 Å². The summed E-state index contributed by atoms with van der Waals surface area (Å²) in [6.45, 7) is 1.52. The van der Waals surface area contributed by atoms with Crippen molar-refractivity contribution in [2.45, 2.75) is 13.1 Å². The lowest BCUT2D eigenvalue weighted by Crippen LogP contribution is -2.28. The maximum Gasteiger partial charge on any atom is 0.254 e. The Hall–Kier alpha value is -3.57. The Balaban J connectivity index is 1.70. The number of hydrogen-bond acceptors (Lipinski definition) is 6. The zero-order valence-corrected chi connectivity index (χ0v) is 15.7. The van der Waals surface area contributed by atoms with Crippen LogP contribution in [-0.4, -0.2) is 51.3 Å². The molecule has 0 aliphatic rings. The number of methoxy groups -OCH3 is 1. The van der Waals surface area contributed by atoms with Crippen molar-refractivity contribution >= 4 is 5.91 Å². The van der Waals surface area contributed by atoms with Gasteiger partial charge in [0.15, 0.2) is 5.82 Å². The highest BCUT2D eigenvalue weighted by molar-refractivity contribution is 5.94. The molecule has 0 aliphatic carbocycles. The number of pyridine rings is 1. The number of rotatable bonds is 7. The first kappa shape index (κ1) is 19.2. The molecule has 28 heavy (non-hydrogen) atoms. The van der Waals surface area contributed by atoms with Gasteiger partial charge < -0.3 is 14.2 Å². The van der Waals surface area contributed by atoms with Gasteiger partial charge in [-0.1, -0.05) is 18.2 Å². The van der Waals surface area contributed by atoms with E-state index in [4.69, 9.17) is 10.00 Å². The second-order valence-corrected chi connectivity index (χ2v) is 6.19. The Morgan fingerprint density at radius 3 is 2.75 bits per heavy atom. The topological polar surface area (TPSA) is 96.9 Å². The maximum absolute atomic E-state index is 12.7. The standard InChI is InChI=1S/C20H20N6O2/c1-25(13-19-24-22-14-26(19)10-11-28-2)20(27)16-8-6-15(7-9-16)18-5-3-4-17(12-21)23-18/h3-9,14H,10-11,13H2,1-2H3. The highest BCUT2D eigenvalue weighted by Gasteiger charge is 2.15. The summed E-state index contributed by atoms with van der Waals surface area (Å²) in [7, 11) is 3.36. The lowest BCUT2D eigenvalue weighted by Gasteiger charge is -2.17. The molecule has 3 rings (SSSR count). The number of ether oxygens (including phenoxy) is 1. The van der Waals surface area contributed by atoms with Crippen molar-refractivity contribution in [3.63, 3.8) is 0 Å². The molecule has 0 atom stereocenters. The second-order valence-electron chi connectivity index (χ2n) is 6.19. The van der Waals surface area contributed by atoms with Crippen molar-refractivity contribution in [2.75, 3.05) is 20.8 Å². The molecule has 8 nitrogen and oxygen atoms in total. The highest BCUT2D eigenvalue weighted by atomic mass is 16.5. The summed E-state index contributed by atoms with van der Waals surface area (Å²) in [6, 6.07) is 14.5. The fraction of sp³-hybridized carbons (Fsp3) is 0.250. The average Bonchev–Trinajstić information content (AvgIpc) is 3.18. The quantitative estimate of drug-likeness (QED) is 0.627. The summed E-state index contributed by atoms with van der Waals surface area (Å²) in [4.78, 5) is 18.6. The summed E-state index contributed by atoms with van der Waals surface area (Å²) in [5, 5.41) is 17.0. The third kappa shape index (κ3) is 4.39. The van der Waals surface area contributed by atoms with Gasteiger partial charge in [0.1, 0.15) is 18.1 Å². The van der Waals surface area contributed by atoms with E-state index >= 15 is 0 Å². The Kier molecular flexibility index (Phi) is 6.09. The molecule has 2 heterocycles. The summed E-state index contributed by atoms with van der Waals surface area (Å²) in [5.74, 6) is 0.577. The minimum atomic E-state index is -0.119. The van der Waals surface area contributed by atoms with Gasteiger partial charge in [0.05, 0.1) is 18.8 Å². The summed E-state index contributed by atoms with van der Waals surface area (Å²) in [5.41, 5.74) is 2.45. The molecule has 0 N–H and O–H groups in total.